The summed E-state index contributed by atoms with van der Waals surface area (Å²) in [5.41, 5.74) is 9.97. The van der Waals surface area contributed by atoms with E-state index in [4.69, 9.17) is 0 Å². The van der Waals surface area contributed by atoms with Crippen LogP contribution in [0.3, 0.4) is 0 Å². The first-order chi connectivity index (χ1) is 25.8. The maximum Gasteiger partial charge on any atom is -0.00203 e. The molecule has 11 aromatic carbocycles. The molecule has 0 atom stereocenters. The first kappa shape index (κ1) is 29.0. The van der Waals surface area contributed by atoms with Crippen LogP contribution < -0.4 is 0 Å². The van der Waals surface area contributed by atoms with E-state index in [1.807, 2.05) is 0 Å². The van der Waals surface area contributed by atoms with Gasteiger partial charge in [-0.2, -0.15) is 0 Å². The Labute approximate surface area is 302 Å². The summed E-state index contributed by atoms with van der Waals surface area (Å²) in [5.74, 6) is 0. The third-order valence-corrected chi connectivity index (χ3v) is 11.2. The van der Waals surface area contributed by atoms with Gasteiger partial charge in [-0.05, 0) is 127 Å². The summed E-state index contributed by atoms with van der Waals surface area (Å²) in [6.45, 7) is 0. The Morgan fingerprint density at radius 3 is 1.38 bits per heavy atom. The van der Waals surface area contributed by atoms with Gasteiger partial charge >= 0.3 is 0 Å². The van der Waals surface area contributed by atoms with Gasteiger partial charge in [0.2, 0.25) is 0 Å². The first-order valence-corrected chi connectivity index (χ1v) is 18.1. The van der Waals surface area contributed by atoms with Gasteiger partial charge in [0.05, 0.1) is 0 Å². The summed E-state index contributed by atoms with van der Waals surface area (Å²) in [7, 11) is 0. The fraction of sp³-hybridized carbons (Fsp3) is 0. The second-order valence-corrected chi connectivity index (χ2v) is 14.1. The number of hydrogen-bond acceptors (Lipinski definition) is 0. The monoisotopic (exact) mass is 656 g/mol. The van der Waals surface area contributed by atoms with Crippen LogP contribution in [0.4, 0.5) is 0 Å². The molecule has 0 amide bonds. The van der Waals surface area contributed by atoms with Crippen LogP contribution in [0.15, 0.2) is 194 Å². The summed E-state index contributed by atoms with van der Waals surface area (Å²) in [4.78, 5) is 0. The number of fused-ring (bicyclic) bond motifs is 4. The minimum atomic E-state index is 1.23. The molecule has 11 rings (SSSR count). The molecule has 0 aliphatic carbocycles. The highest BCUT2D eigenvalue weighted by molar-refractivity contribution is 6.27. The van der Waals surface area contributed by atoms with Gasteiger partial charge in [-0.3, -0.25) is 0 Å². The van der Waals surface area contributed by atoms with Crippen LogP contribution in [0.2, 0.25) is 0 Å². The molecule has 0 aliphatic heterocycles. The number of rotatable bonds is 4. The van der Waals surface area contributed by atoms with E-state index in [9.17, 15) is 0 Å². The summed E-state index contributed by atoms with van der Waals surface area (Å²) < 4.78 is 0. The van der Waals surface area contributed by atoms with Crippen LogP contribution in [-0.4, -0.2) is 0 Å². The molecule has 0 N–H and O–H groups in total. The van der Waals surface area contributed by atoms with Crippen molar-refractivity contribution < 1.29 is 0 Å². The second-order valence-electron chi connectivity index (χ2n) is 14.1. The van der Waals surface area contributed by atoms with Gasteiger partial charge in [-0.15, -0.1) is 0 Å². The van der Waals surface area contributed by atoms with Crippen molar-refractivity contribution in [1.82, 2.24) is 0 Å². The largest absolute Gasteiger partial charge is 0.0616 e. The molecule has 240 valence electrons. The summed E-state index contributed by atoms with van der Waals surface area (Å²) >= 11 is 0. The topological polar surface area (TPSA) is 0 Å². The zero-order valence-electron chi connectivity index (χ0n) is 28.5. The summed E-state index contributed by atoms with van der Waals surface area (Å²) in [6, 6.07) is 71.9. The van der Waals surface area contributed by atoms with Gasteiger partial charge in [0.25, 0.3) is 0 Å². The standard InChI is InChI=1S/C52H32/c1-2-10-38-30-40(21-18-33(38)8-1)39-12-5-13-41(31-39)44-26-22-36-25-29-49-45(27-23-37-24-28-48(44)51(36)52(37)49)42-14-6-15-43(32-42)47-17-7-11-35-20-19-34-9-3-4-16-46(34)50(35)47/h1-32H. The fourth-order valence-corrected chi connectivity index (χ4v) is 8.69. The van der Waals surface area contributed by atoms with Crippen LogP contribution in [-0.2, 0) is 0 Å². The molecule has 0 fully saturated rings. The van der Waals surface area contributed by atoms with Crippen molar-refractivity contribution in [3.05, 3.63) is 194 Å². The molecule has 0 unspecified atom stereocenters. The predicted octanol–water partition coefficient (Wildman–Crippen LogP) is 14.7. The van der Waals surface area contributed by atoms with Crippen LogP contribution in [0, 0.1) is 0 Å². The molecule has 0 spiro atoms. The Bertz CT molecular complexity index is 3180. The molecule has 0 saturated carbocycles. The number of benzene rings is 11. The smallest absolute Gasteiger partial charge is 0.00203 e. The molecule has 0 heterocycles. The molecule has 0 bridgehead atoms. The quantitative estimate of drug-likeness (QED) is 0.165. The van der Waals surface area contributed by atoms with E-state index in [1.54, 1.807) is 0 Å². The molecule has 0 aliphatic rings. The van der Waals surface area contributed by atoms with Gasteiger partial charge in [-0.1, -0.05) is 176 Å². The van der Waals surface area contributed by atoms with Gasteiger partial charge in [0.1, 0.15) is 0 Å². The minimum Gasteiger partial charge on any atom is -0.0616 e. The van der Waals surface area contributed by atoms with Crippen LogP contribution in [0.25, 0.3) is 109 Å². The van der Waals surface area contributed by atoms with Crippen molar-refractivity contribution in [2.75, 3.05) is 0 Å². The Morgan fingerprint density at radius 1 is 0.192 bits per heavy atom. The van der Waals surface area contributed by atoms with E-state index >= 15 is 0 Å². The van der Waals surface area contributed by atoms with Crippen molar-refractivity contribution in [1.29, 1.82) is 0 Å². The Hall–Kier alpha value is -6.76. The lowest BCUT2D eigenvalue weighted by molar-refractivity contribution is 1.62. The Morgan fingerprint density at radius 2 is 0.654 bits per heavy atom. The van der Waals surface area contributed by atoms with Crippen LogP contribution >= 0.6 is 0 Å². The lowest BCUT2D eigenvalue weighted by atomic mass is 9.86. The SMILES string of the molecule is c1cc(-c2ccc3ccccc3c2)cc(-c2ccc3ccc4c(-c5cccc(-c6cccc7ccc8ccccc8c67)c5)ccc5ccc2c3c54)c1. The normalized spacial score (nSPS) is 11.8. The van der Waals surface area contributed by atoms with E-state index in [2.05, 4.69) is 194 Å². The minimum absolute atomic E-state index is 1.23. The van der Waals surface area contributed by atoms with Crippen molar-refractivity contribution in [2.45, 2.75) is 0 Å². The highest BCUT2D eigenvalue weighted by atomic mass is 14.2. The maximum atomic E-state index is 2.38. The van der Waals surface area contributed by atoms with Gasteiger partial charge in [-0.25, -0.2) is 0 Å². The van der Waals surface area contributed by atoms with Crippen molar-refractivity contribution in [2.24, 2.45) is 0 Å². The zero-order valence-corrected chi connectivity index (χ0v) is 28.5. The van der Waals surface area contributed by atoms with E-state index in [0.717, 1.165) is 0 Å². The summed E-state index contributed by atoms with van der Waals surface area (Å²) in [5, 5.41) is 15.5. The average molecular weight is 657 g/mol. The summed E-state index contributed by atoms with van der Waals surface area (Å²) in [6.07, 6.45) is 0. The fourth-order valence-electron chi connectivity index (χ4n) is 8.69. The lowest BCUT2D eigenvalue weighted by Gasteiger charge is -2.17. The van der Waals surface area contributed by atoms with E-state index in [1.165, 1.54) is 109 Å². The molecule has 0 saturated heterocycles. The number of hydrogen-bond donors (Lipinski definition) is 0. The Kier molecular flexibility index (Phi) is 6.35. The molecule has 11 aromatic rings. The highest BCUT2D eigenvalue weighted by Gasteiger charge is 2.16. The molecule has 0 aromatic heterocycles. The second kappa shape index (κ2) is 11.4. The zero-order chi connectivity index (χ0) is 34.2. The Balaban J connectivity index is 1.07. The van der Waals surface area contributed by atoms with E-state index < -0.39 is 0 Å². The maximum absolute atomic E-state index is 2.38. The molecule has 0 nitrogen and oxygen atoms in total. The van der Waals surface area contributed by atoms with Gasteiger partial charge < -0.3 is 0 Å². The van der Waals surface area contributed by atoms with Crippen molar-refractivity contribution in [3.63, 3.8) is 0 Å². The molecular weight excluding hydrogens is 625 g/mol. The molecule has 52 heavy (non-hydrogen) atoms. The van der Waals surface area contributed by atoms with E-state index in [-0.39, 0.29) is 0 Å². The lowest BCUT2D eigenvalue weighted by Crippen LogP contribution is -1.90. The van der Waals surface area contributed by atoms with Crippen molar-refractivity contribution in [3.8, 4) is 44.5 Å². The van der Waals surface area contributed by atoms with E-state index in [0.29, 0.717) is 0 Å². The van der Waals surface area contributed by atoms with Gasteiger partial charge in [0.15, 0.2) is 0 Å². The molecular formula is C52H32. The van der Waals surface area contributed by atoms with Crippen LogP contribution in [0.5, 0.6) is 0 Å². The van der Waals surface area contributed by atoms with Gasteiger partial charge in [0, 0.05) is 0 Å². The highest BCUT2D eigenvalue weighted by Crippen LogP contribution is 2.44. The molecule has 0 heteroatoms. The predicted molar refractivity (Wildman–Crippen MR) is 224 cm³/mol. The van der Waals surface area contributed by atoms with Crippen molar-refractivity contribution >= 4 is 64.6 Å². The van der Waals surface area contributed by atoms with Crippen LogP contribution in [0.1, 0.15) is 0 Å². The molecule has 0 radical (unpaired) electrons. The third kappa shape index (κ3) is 4.48. The first-order valence-electron chi connectivity index (χ1n) is 18.1. The average Bonchev–Trinajstić information content (AvgIpc) is 3.22. The third-order valence-electron chi connectivity index (χ3n) is 11.2.